The molecule has 42 heavy (non-hydrogen) atoms. The van der Waals surface area contributed by atoms with E-state index in [0.29, 0.717) is 11.4 Å². The molecular formula is C38H22N2O2. The largest absolute Gasteiger partial charge is 0.455 e. The molecule has 0 N–H and O–H groups in total. The van der Waals surface area contributed by atoms with Crippen molar-refractivity contribution in [1.82, 2.24) is 9.97 Å². The van der Waals surface area contributed by atoms with Gasteiger partial charge in [0.15, 0.2) is 11.4 Å². The van der Waals surface area contributed by atoms with E-state index >= 15 is 0 Å². The normalized spacial score (nSPS) is 11.8. The molecule has 0 unspecified atom stereocenters. The first-order valence-corrected chi connectivity index (χ1v) is 14.0. The molecule has 0 saturated heterocycles. The summed E-state index contributed by atoms with van der Waals surface area (Å²) in [7, 11) is 0. The molecule has 0 aliphatic rings. The molecule has 4 heteroatoms. The van der Waals surface area contributed by atoms with Crippen molar-refractivity contribution in [1.29, 1.82) is 0 Å². The Morgan fingerprint density at radius 3 is 2.02 bits per heavy atom. The molecule has 0 atom stereocenters. The van der Waals surface area contributed by atoms with Crippen molar-refractivity contribution in [3.8, 4) is 33.8 Å². The van der Waals surface area contributed by atoms with Gasteiger partial charge >= 0.3 is 0 Å². The Hall–Kier alpha value is -5.74. The van der Waals surface area contributed by atoms with Crippen molar-refractivity contribution >= 4 is 54.8 Å². The monoisotopic (exact) mass is 538 g/mol. The zero-order valence-corrected chi connectivity index (χ0v) is 22.4. The number of hydrogen-bond donors (Lipinski definition) is 0. The van der Waals surface area contributed by atoms with Crippen LogP contribution in [0.15, 0.2) is 142 Å². The lowest BCUT2D eigenvalue weighted by Gasteiger charge is -2.08. The van der Waals surface area contributed by atoms with Gasteiger partial charge < -0.3 is 8.83 Å². The van der Waals surface area contributed by atoms with E-state index in [1.54, 1.807) is 0 Å². The van der Waals surface area contributed by atoms with Crippen molar-refractivity contribution in [3.63, 3.8) is 0 Å². The Balaban J connectivity index is 1.21. The number of benzene rings is 6. The molecule has 0 saturated carbocycles. The van der Waals surface area contributed by atoms with Crippen LogP contribution in [0.1, 0.15) is 0 Å². The lowest BCUT2D eigenvalue weighted by Crippen LogP contribution is -1.94. The van der Waals surface area contributed by atoms with E-state index < -0.39 is 0 Å². The van der Waals surface area contributed by atoms with Gasteiger partial charge in [-0.2, -0.15) is 0 Å². The van der Waals surface area contributed by atoms with Crippen LogP contribution in [0.2, 0.25) is 0 Å². The van der Waals surface area contributed by atoms with Crippen molar-refractivity contribution in [2.75, 3.05) is 0 Å². The highest BCUT2D eigenvalue weighted by molar-refractivity contribution is 6.19. The Morgan fingerprint density at radius 2 is 1.14 bits per heavy atom. The molecule has 0 bridgehead atoms. The second-order valence-electron chi connectivity index (χ2n) is 10.6. The van der Waals surface area contributed by atoms with Gasteiger partial charge in [-0.3, -0.25) is 0 Å². The summed E-state index contributed by atoms with van der Waals surface area (Å²) < 4.78 is 12.7. The molecule has 3 heterocycles. The highest BCUT2D eigenvalue weighted by Gasteiger charge is 2.19. The molecule has 9 aromatic rings. The number of fused-ring (bicyclic) bond motifs is 8. The minimum Gasteiger partial charge on any atom is -0.455 e. The molecule has 0 radical (unpaired) electrons. The zero-order valence-electron chi connectivity index (χ0n) is 22.4. The summed E-state index contributed by atoms with van der Waals surface area (Å²) >= 11 is 0. The first-order valence-electron chi connectivity index (χ1n) is 14.0. The maximum absolute atomic E-state index is 6.42. The highest BCUT2D eigenvalue weighted by atomic mass is 16.3. The minimum absolute atomic E-state index is 0.665. The van der Waals surface area contributed by atoms with Gasteiger partial charge in [-0.15, -0.1) is 0 Å². The maximum atomic E-state index is 6.42. The van der Waals surface area contributed by atoms with Crippen LogP contribution < -0.4 is 0 Å². The molecule has 0 spiro atoms. The summed E-state index contributed by atoms with van der Waals surface area (Å²) in [6.45, 7) is 0. The van der Waals surface area contributed by atoms with E-state index in [1.807, 2.05) is 42.5 Å². The van der Waals surface area contributed by atoms with Crippen molar-refractivity contribution in [3.05, 3.63) is 133 Å². The predicted molar refractivity (Wildman–Crippen MR) is 170 cm³/mol. The number of aromatic nitrogens is 2. The fourth-order valence-corrected chi connectivity index (χ4v) is 6.10. The summed E-state index contributed by atoms with van der Waals surface area (Å²) in [4.78, 5) is 10.0. The van der Waals surface area contributed by atoms with E-state index in [-0.39, 0.29) is 0 Å². The minimum atomic E-state index is 0.665. The van der Waals surface area contributed by atoms with Crippen LogP contribution in [0.25, 0.3) is 88.6 Å². The molecule has 6 aromatic carbocycles. The van der Waals surface area contributed by atoms with Crippen LogP contribution >= 0.6 is 0 Å². The van der Waals surface area contributed by atoms with Crippen LogP contribution in [0.5, 0.6) is 0 Å². The third-order valence-electron chi connectivity index (χ3n) is 8.11. The van der Waals surface area contributed by atoms with Gasteiger partial charge in [0.1, 0.15) is 28.0 Å². The zero-order chi connectivity index (χ0) is 27.6. The predicted octanol–water partition coefficient (Wildman–Crippen LogP) is 10.4. The standard InChI is InChI=1S/C38H22N2O2/c1-2-10-25(11-3-1)34-37-35(29-13-6-7-15-31(29)41-37)40-38(39-34)26-19-17-24(18-20-26)27-14-8-16-32-33(27)30-22-21-23-9-4-5-12-28(23)36(30)42-32/h1-22H. The molecule has 0 amide bonds. The van der Waals surface area contributed by atoms with Crippen LogP contribution in [0, 0.1) is 0 Å². The SMILES string of the molecule is c1ccc(-c2nc(-c3ccc(-c4cccc5oc6c7ccccc7ccc6c45)cc3)nc3c2oc2ccccc23)cc1. The van der Waals surface area contributed by atoms with Crippen molar-refractivity contribution in [2.24, 2.45) is 0 Å². The highest BCUT2D eigenvalue weighted by Crippen LogP contribution is 2.40. The average Bonchev–Trinajstić information content (AvgIpc) is 3.64. The summed E-state index contributed by atoms with van der Waals surface area (Å²) in [5.74, 6) is 0.665. The van der Waals surface area contributed by atoms with Crippen molar-refractivity contribution < 1.29 is 8.83 Å². The lowest BCUT2D eigenvalue weighted by molar-refractivity contribution is 0.667. The first-order chi connectivity index (χ1) is 20.8. The van der Waals surface area contributed by atoms with Gasteiger partial charge in [0.2, 0.25) is 0 Å². The number of furan rings is 2. The Morgan fingerprint density at radius 1 is 0.429 bits per heavy atom. The molecule has 0 fully saturated rings. The van der Waals surface area contributed by atoms with E-state index in [4.69, 9.17) is 18.8 Å². The second kappa shape index (κ2) is 8.88. The Kier molecular flexibility index (Phi) is 4.87. The van der Waals surface area contributed by atoms with Crippen LogP contribution in [0.4, 0.5) is 0 Å². The van der Waals surface area contributed by atoms with Gasteiger partial charge in [0.05, 0.1) is 0 Å². The smallest absolute Gasteiger partial charge is 0.180 e. The second-order valence-corrected chi connectivity index (χ2v) is 10.6. The summed E-state index contributed by atoms with van der Waals surface area (Å²) in [5.41, 5.74) is 9.11. The Bertz CT molecular complexity index is 2450. The average molecular weight is 539 g/mol. The fraction of sp³-hybridized carbons (Fsp3) is 0. The summed E-state index contributed by atoms with van der Waals surface area (Å²) in [6.07, 6.45) is 0. The molecule has 196 valence electrons. The number of nitrogens with zero attached hydrogens (tertiary/aromatic N) is 2. The van der Waals surface area contributed by atoms with Crippen LogP contribution in [-0.2, 0) is 0 Å². The van der Waals surface area contributed by atoms with Gasteiger partial charge in [0, 0.05) is 32.7 Å². The molecule has 0 aliphatic heterocycles. The van der Waals surface area contributed by atoms with Crippen LogP contribution in [-0.4, -0.2) is 9.97 Å². The lowest BCUT2D eigenvalue weighted by atomic mass is 9.97. The molecule has 0 aliphatic carbocycles. The van der Waals surface area contributed by atoms with Crippen LogP contribution in [0.3, 0.4) is 0 Å². The van der Waals surface area contributed by atoms with Gasteiger partial charge in [0.25, 0.3) is 0 Å². The molecular weight excluding hydrogens is 516 g/mol. The fourth-order valence-electron chi connectivity index (χ4n) is 6.10. The molecule has 3 aromatic heterocycles. The third kappa shape index (κ3) is 3.42. The van der Waals surface area contributed by atoms with Gasteiger partial charge in [-0.25, -0.2) is 9.97 Å². The summed E-state index contributed by atoms with van der Waals surface area (Å²) in [5, 5.41) is 5.53. The van der Waals surface area contributed by atoms with E-state index in [2.05, 4.69) is 91.0 Å². The first kappa shape index (κ1) is 23.0. The number of para-hydroxylation sites is 1. The molecule has 4 nitrogen and oxygen atoms in total. The topological polar surface area (TPSA) is 52.1 Å². The Labute approximate surface area is 240 Å². The molecule has 9 rings (SSSR count). The quantitative estimate of drug-likeness (QED) is 0.224. The van der Waals surface area contributed by atoms with Gasteiger partial charge in [-0.1, -0.05) is 109 Å². The number of hydrogen-bond acceptors (Lipinski definition) is 4. The van der Waals surface area contributed by atoms with E-state index in [1.165, 1.54) is 5.39 Å². The van der Waals surface area contributed by atoms with Crippen molar-refractivity contribution in [2.45, 2.75) is 0 Å². The van der Waals surface area contributed by atoms with Gasteiger partial charge in [-0.05, 0) is 40.8 Å². The van der Waals surface area contributed by atoms with E-state index in [0.717, 1.165) is 71.8 Å². The number of rotatable bonds is 3. The van der Waals surface area contributed by atoms with E-state index in [9.17, 15) is 0 Å². The maximum Gasteiger partial charge on any atom is 0.180 e. The third-order valence-corrected chi connectivity index (χ3v) is 8.11. The summed E-state index contributed by atoms with van der Waals surface area (Å²) in [6, 6.07) is 45.6.